The zero-order valence-corrected chi connectivity index (χ0v) is 11.6. The van der Waals surface area contributed by atoms with Crippen LogP contribution in [-0.4, -0.2) is 36.5 Å². The van der Waals surface area contributed by atoms with Crippen molar-refractivity contribution in [2.45, 2.75) is 58.0 Å². The molecule has 3 N–H and O–H groups in total. The normalized spacial score (nSPS) is 16.6. The minimum atomic E-state index is -0.260. The molecule has 1 fully saturated rings. The molecule has 0 aromatic rings. The molecular formula is C13H25N3O2. The van der Waals surface area contributed by atoms with E-state index in [9.17, 15) is 9.59 Å². The molecular weight excluding hydrogens is 230 g/mol. The third-order valence-corrected chi connectivity index (χ3v) is 2.87. The topological polar surface area (TPSA) is 70.2 Å². The van der Waals surface area contributed by atoms with Crippen molar-refractivity contribution >= 4 is 11.8 Å². The van der Waals surface area contributed by atoms with Crippen LogP contribution in [0.25, 0.3) is 0 Å². The van der Waals surface area contributed by atoms with Crippen molar-refractivity contribution < 1.29 is 9.59 Å². The molecule has 0 aromatic carbocycles. The molecule has 0 heterocycles. The van der Waals surface area contributed by atoms with E-state index in [1.54, 1.807) is 0 Å². The molecule has 0 bridgehead atoms. The Balaban J connectivity index is 2.10. The van der Waals surface area contributed by atoms with Crippen LogP contribution in [0.15, 0.2) is 0 Å². The first kappa shape index (κ1) is 15.0. The SMILES string of the molecule is CC(C)(C)NC(=O)CNC(=O)CNC1CCCC1. The highest BCUT2D eigenvalue weighted by molar-refractivity contribution is 5.85. The van der Waals surface area contributed by atoms with Gasteiger partial charge in [-0.3, -0.25) is 9.59 Å². The molecule has 1 saturated carbocycles. The number of hydrogen-bond acceptors (Lipinski definition) is 3. The predicted molar refractivity (Wildman–Crippen MR) is 71.2 cm³/mol. The summed E-state index contributed by atoms with van der Waals surface area (Å²) in [6, 6.07) is 0.471. The summed E-state index contributed by atoms with van der Waals surface area (Å²) >= 11 is 0. The van der Waals surface area contributed by atoms with Crippen LogP contribution in [0.1, 0.15) is 46.5 Å². The summed E-state index contributed by atoms with van der Waals surface area (Å²) in [5.41, 5.74) is -0.260. The maximum atomic E-state index is 11.5. The highest BCUT2D eigenvalue weighted by Gasteiger charge is 2.16. The van der Waals surface area contributed by atoms with Gasteiger partial charge < -0.3 is 16.0 Å². The second-order valence-corrected chi connectivity index (χ2v) is 5.94. The molecule has 0 unspecified atom stereocenters. The van der Waals surface area contributed by atoms with Crippen molar-refractivity contribution in [1.82, 2.24) is 16.0 Å². The number of hydrogen-bond donors (Lipinski definition) is 3. The van der Waals surface area contributed by atoms with Crippen LogP contribution in [0.4, 0.5) is 0 Å². The summed E-state index contributed by atoms with van der Waals surface area (Å²) in [6.07, 6.45) is 4.79. The van der Waals surface area contributed by atoms with Gasteiger partial charge in [0.25, 0.3) is 0 Å². The molecule has 1 rings (SSSR count). The first-order valence-electron chi connectivity index (χ1n) is 6.68. The smallest absolute Gasteiger partial charge is 0.239 e. The summed E-state index contributed by atoms with van der Waals surface area (Å²) < 4.78 is 0. The van der Waals surface area contributed by atoms with E-state index in [4.69, 9.17) is 0 Å². The molecule has 18 heavy (non-hydrogen) atoms. The van der Waals surface area contributed by atoms with E-state index in [2.05, 4.69) is 16.0 Å². The summed E-state index contributed by atoms with van der Waals surface area (Å²) in [7, 11) is 0. The fourth-order valence-corrected chi connectivity index (χ4v) is 2.07. The van der Waals surface area contributed by atoms with Gasteiger partial charge in [0, 0.05) is 11.6 Å². The van der Waals surface area contributed by atoms with E-state index >= 15 is 0 Å². The Hall–Kier alpha value is -1.10. The van der Waals surface area contributed by atoms with Gasteiger partial charge in [-0.15, -0.1) is 0 Å². The molecule has 0 aromatic heterocycles. The van der Waals surface area contributed by atoms with Crippen LogP contribution in [0, 0.1) is 0 Å². The third-order valence-electron chi connectivity index (χ3n) is 2.87. The summed E-state index contributed by atoms with van der Waals surface area (Å²) in [4.78, 5) is 23.0. The molecule has 0 saturated heterocycles. The lowest BCUT2D eigenvalue weighted by Crippen LogP contribution is -2.47. The lowest BCUT2D eigenvalue weighted by atomic mass is 10.1. The van der Waals surface area contributed by atoms with Crippen molar-refractivity contribution in [3.8, 4) is 0 Å². The van der Waals surface area contributed by atoms with Gasteiger partial charge in [0.2, 0.25) is 11.8 Å². The van der Waals surface area contributed by atoms with Crippen molar-refractivity contribution in [3.63, 3.8) is 0 Å². The molecule has 2 amide bonds. The maximum absolute atomic E-state index is 11.5. The Morgan fingerprint density at radius 3 is 2.22 bits per heavy atom. The summed E-state index contributed by atoms with van der Waals surface area (Å²) in [6.45, 7) is 6.08. The minimum Gasteiger partial charge on any atom is -0.350 e. The van der Waals surface area contributed by atoms with Crippen molar-refractivity contribution in [2.24, 2.45) is 0 Å². The molecule has 1 aliphatic rings. The Kier molecular flexibility index (Phi) is 5.59. The zero-order chi connectivity index (χ0) is 13.6. The van der Waals surface area contributed by atoms with Gasteiger partial charge in [-0.25, -0.2) is 0 Å². The van der Waals surface area contributed by atoms with Crippen LogP contribution in [0.2, 0.25) is 0 Å². The highest BCUT2D eigenvalue weighted by Crippen LogP contribution is 2.17. The Morgan fingerprint density at radius 1 is 1.06 bits per heavy atom. The van der Waals surface area contributed by atoms with Crippen molar-refractivity contribution in [1.29, 1.82) is 0 Å². The lowest BCUT2D eigenvalue weighted by molar-refractivity contribution is -0.126. The van der Waals surface area contributed by atoms with E-state index in [0.717, 1.165) is 12.8 Å². The lowest BCUT2D eigenvalue weighted by Gasteiger charge is -2.20. The molecule has 0 radical (unpaired) electrons. The monoisotopic (exact) mass is 255 g/mol. The van der Waals surface area contributed by atoms with Crippen LogP contribution in [-0.2, 0) is 9.59 Å². The Labute approximate surface area is 109 Å². The molecule has 0 aliphatic heterocycles. The van der Waals surface area contributed by atoms with Gasteiger partial charge in [-0.1, -0.05) is 12.8 Å². The first-order chi connectivity index (χ1) is 8.37. The third kappa shape index (κ3) is 6.59. The first-order valence-corrected chi connectivity index (χ1v) is 6.68. The minimum absolute atomic E-state index is 0.0441. The number of rotatable bonds is 5. The Morgan fingerprint density at radius 2 is 1.67 bits per heavy atom. The molecule has 0 spiro atoms. The highest BCUT2D eigenvalue weighted by atomic mass is 16.2. The average Bonchev–Trinajstić information content (AvgIpc) is 2.74. The number of amides is 2. The van der Waals surface area contributed by atoms with Crippen LogP contribution in [0.3, 0.4) is 0 Å². The summed E-state index contributed by atoms with van der Waals surface area (Å²) in [5.74, 6) is -0.275. The van der Waals surface area contributed by atoms with Gasteiger partial charge in [0.05, 0.1) is 13.1 Å². The average molecular weight is 255 g/mol. The van der Waals surface area contributed by atoms with Crippen molar-refractivity contribution in [2.75, 3.05) is 13.1 Å². The largest absolute Gasteiger partial charge is 0.350 e. The van der Waals surface area contributed by atoms with Crippen LogP contribution >= 0.6 is 0 Å². The number of carbonyl (C=O) groups excluding carboxylic acids is 2. The second-order valence-electron chi connectivity index (χ2n) is 5.94. The van der Waals surface area contributed by atoms with E-state index in [1.165, 1.54) is 12.8 Å². The van der Waals surface area contributed by atoms with Gasteiger partial charge in [-0.05, 0) is 33.6 Å². The van der Waals surface area contributed by atoms with Gasteiger partial charge >= 0.3 is 0 Å². The Bertz CT molecular complexity index is 291. The summed E-state index contributed by atoms with van der Waals surface area (Å²) in [5, 5.41) is 8.62. The molecule has 104 valence electrons. The van der Waals surface area contributed by atoms with E-state index in [-0.39, 0.29) is 23.9 Å². The zero-order valence-electron chi connectivity index (χ0n) is 11.6. The standard InChI is InChI=1S/C13H25N3O2/c1-13(2,3)16-12(18)9-15-11(17)8-14-10-6-4-5-7-10/h10,14H,4-9H2,1-3H3,(H,15,17)(H,16,18). The van der Waals surface area contributed by atoms with Crippen molar-refractivity contribution in [3.05, 3.63) is 0 Å². The van der Waals surface area contributed by atoms with Gasteiger partial charge in [0.15, 0.2) is 0 Å². The van der Waals surface area contributed by atoms with Crippen LogP contribution in [0.5, 0.6) is 0 Å². The number of carbonyl (C=O) groups is 2. The van der Waals surface area contributed by atoms with Crippen LogP contribution < -0.4 is 16.0 Å². The predicted octanol–water partition coefficient (Wildman–Crippen LogP) is 0.550. The second kappa shape index (κ2) is 6.73. The van der Waals surface area contributed by atoms with Gasteiger partial charge in [-0.2, -0.15) is 0 Å². The molecule has 5 heteroatoms. The molecule has 0 atom stereocenters. The fraction of sp³-hybridized carbons (Fsp3) is 0.846. The number of nitrogens with one attached hydrogen (secondary N) is 3. The molecule has 5 nitrogen and oxygen atoms in total. The fourth-order valence-electron chi connectivity index (χ4n) is 2.07. The van der Waals surface area contributed by atoms with E-state index in [0.29, 0.717) is 12.6 Å². The van der Waals surface area contributed by atoms with Gasteiger partial charge in [0.1, 0.15) is 0 Å². The molecule has 1 aliphatic carbocycles. The van der Waals surface area contributed by atoms with E-state index < -0.39 is 0 Å². The maximum Gasteiger partial charge on any atom is 0.239 e. The van der Waals surface area contributed by atoms with E-state index in [1.807, 2.05) is 20.8 Å². The quantitative estimate of drug-likeness (QED) is 0.672.